The predicted octanol–water partition coefficient (Wildman–Crippen LogP) is 4.84. The second-order valence-electron chi connectivity index (χ2n) is 4.55. The van der Waals surface area contributed by atoms with Gasteiger partial charge in [0.25, 0.3) is 0 Å². The summed E-state index contributed by atoms with van der Waals surface area (Å²) in [6.45, 7) is 8.71. The Morgan fingerprint density at radius 1 is 1.12 bits per heavy atom. The summed E-state index contributed by atoms with van der Waals surface area (Å²) in [6.07, 6.45) is 6.65. The van der Waals surface area contributed by atoms with E-state index in [2.05, 4.69) is 64.1 Å². The molecule has 0 heteroatoms. The third-order valence-electron chi connectivity index (χ3n) is 2.78. The van der Waals surface area contributed by atoms with E-state index in [1.807, 2.05) is 0 Å². The van der Waals surface area contributed by atoms with Crippen molar-refractivity contribution in [3.05, 3.63) is 58.7 Å². The Balaban J connectivity index is 2.67. The van der Waals surface area contributed by atoms with Crippen molar-refractivity contribution in [2.24, 2.45) is 0 Å². The highest BCUT2D eigenvalue weighted by atomic mass is 14.0. The van der Waals surface area contributed by atoms with Crippen molar-refractivity contribution in [3.8, 4) is 0 Å². The van der Waals surface area contributed by atoms with Crippen molar-refractivity contribution in [3.63, 3.8) is 0 Å². The number of rotatable bonds is 4. The Labute approximate surface area is 99.7 Å². The fourth-order valence-corrected chi connectivity index (χ4v) is 1.61. The number of hydrogen-bond acceptors (Lipinski definition) is 0. The topological polar surface area (TPSA) is 0 Å². The molecule has 0 amide bonds. The van der Waals surface area contributed by atoms with Crippen LogP contribution in [0, 0.1) is 6.92 Å². The Bertz CT molecular complexity index is 394. The summed E-state index contributed by atoms with van der Waals surface area (Å²) >= 11 is 0. The van der Waals surface area contributed by atoms with E-state index in [1.54, 1.807) is 0 Å². The Kier molecular flexibility index (Phi) is 5.04. The maximum absolute atomic E-state index is 2.26. The Hall–Kier alpha value is -1.30. The van der Waals surface area contributed by atoms with Gasteiger partial charge in [-0.1, -0.05) is 60.1 Å². The molecule has 0 N–H and O–H groups in total. The van der Waals surface area contributed by atoms with E-state index in [-0.39, 0.29) is 0 Å². The van der Waals surface area contributed by atoms with Crippen LogP contribution in [-0.4, -0.2) is 0 Å². The van der Waals surface area contributed by atoms with E-state index >= 15 is 0 Å². The zero-order valence-corrected chi connectivity index (χ0v) is 10.9. The molecule has 1 aromatic rings. The van der Waals surface area contributed by atoms with Gasteiger partial charge in [0, 0.05) is 0 Å². The summed E-state index contributed by atoms with van der Waals surface area (Å²) in [5, 5.41) is 0. The van der Waals surface area contributed by atoms with E-state index < -0.39 is 0 Å². The van der Waals surface area contributed by atoms with Gasteiger partial charge in [0.2, 0.25) is 0 Å². The van der Waals surface area contributed by atoms with Crippen molar-refractivity contribution < 1.29 is 0 Å². The van der Waals surface area contributed by atoms with E-state index in [1.165, 1.54) is 22.3 Å². The van der Waals surface area contributed by atoms with Crippen LogP contribution in [0.4, 0.5) is 0 Å². The van der Waals surface area contributed by atoms with Gasteiger partial charge in [-0.25, -0.2) is 0 Å². The summed E-state index contributed by atoms with van der Waals surface area (Å²) < 4.78 is 0. The molecule has 0 aliphatic carbocycles. The molecule has 0 aliphatic heterocycles. The standard InChI is InChI=1S/C16H22/c1-5-13(2)9-10-15(4)12-16-8-6-7-14(3)11-16/h6-11H,5,12H2,1-4H3/b13-9+,15-10+. The molecule has 1 aromatic carbocycles. The molecule has 0 radical (unpaired) electrons. The summed E-state index contributed by atoms with van der Waals surface area (Å²) in [6, 6.07) is 8.73. The first kappa shape index (κ1) is 12.8. The monoisotopic (exact) mass is 214 g/mol. The third-order valence-corrected chi connectivity index (χ3v) is 2.78. The van der Waals surface area contributed by atoms with Gasteiger partial charge in [-0.3, -0.25) is 0 Å². The molecule has 16 heavy (non-hydrogen) atoms. The molecule has 0 saturated carbocycles. The van der Waals surface area contributed by atoms with E-state index in [0.29, 0.717) is 0 Å². The summed E-state index contributed by atoms with van der Waals surface area (Å²) in [7, 11) is 0. The molecule has 86 valence electrons. The van der Waals surface area contributed by atoms with Crippen LogP contribution in [0.3, 0.4) is 0 Å². The lowest BCUT2D eigenvalue weighted by Gasteiger charge is -2.02. The molecular formula is C16H22. The van der Waals surface area contributed by atoms with Gasteiger partial charge in [0.1, 0.15) is 0 Å². The quantitative estimate of drug-likeness (QED) is 0.629. The summed E-state index contributed by atoms with van der Waals surface area (Å²) in [5.74, 6) is 0. The van der Waals surface area contributed by atoms with Crippen molar-refractivity contribution in [1.82, 2.24) is 0 Å². The average Bonchev–Trinajstić information content (AvgIpc) is 2.26. The predicted molar refractivity (Wildman–Crippen MR) is 72.7 cm³/mol. The zero-order chi connectivity index (χ0) is 12.0. The van der Waals surface area contributed by atoms with E-state index in [4.69, 9.17) is 0 Å². The van der Waals surface area contributed by atoms with Crippen LogP contribution in [0.25, 0.3) is 0 Å². The van der Waals surface area contributed by atoms with Gasteiger partial charge >= 0.3 is 0 Å². The zero-order valence-electron chi connectivity index (χ0n) is 10.9. The minimum atomic E-state index is 1.05. The van der Waals surface area contributed by atoms with Gasteiger partial charge in [-0.15, -0.1) is 0 Å². The Morgan fingerprint density at radius 2 is 1.81 bits per heavy atom. The highest BCUT2D eigenvalue weighted by Crippen LogP contribution is 2.10. The number of hydrogen-bond donors (Lipinski definition) is 0. The molecular weight excluding hydrogens is 192 g/mol. The maximum atomic E-state index is 2.26. The van der Waals surface area contributed by atoms with Crippen molar-refractivity contribution in [2.45, 2.75) is 40.5 Å². The molecule has 0 aromatic heterocycles. The molecule has 0 fully saturated rings. The Morgan fingerprint density at radius 3 is 2.44 bits per heavy atom. The van der Waals surface area contributed by atoms with E-state index in [0.717, 1.165) is 12.8 Å². The van der Waals surface area contributed by atoms with Gasteiger partial charge in [0.05, 0.1) is 0 Å². The first-order chi connectivity index (χ1) is 7.61. The fraction of sp³-hybridized carbons (Fsp3) is 0.375. The maximum Gasteiger partial charge on any atom is -0.00667 e. The average molecular weight is 214 g/mol. The lowest BCUT2D eigenvalue weighted by molar-refractivity contribution is 1.09. The minimum absolute atomic E-state index is 1.05. The lowest BCUT2D eigenvalue weighted by atomic mass is 10.0. The highest BCUT2D eigenvalue weighted by Gasteiger charge is 1.94. The number of benzene rings is 1. The minimum Gasteiger partial charge on any atom is -0.0736 e. The molecule has 0 bridgehead atoms. The van der Waals surface area contributed by atoms with Crippen molar-refractivity contribution in [2.75, 3.05) is 0 Å². The molecule has 0 nitrogen and oxygen atoms in total. The SMILES string of the molecule is CC/C(C)=C/C=C(\C)Cc1cccc(C)c1. The lowest BCUT2D eigenvalue weighted by Crippen LogP contribution is -1.87. The van der Waals surface area contributed by atoms with Crippen LogP contribution in [0.15, 0.2) is 47.6 Å². The number of aryl methyl sites for hydroxylation is 1. The normalized spacial score (nSPS) is 13.0. The molecule has 0 spiro atoms. The summed E-state index contributed by atoms with van der Waals surface area (Å²) in [5.41, 5.74) is 5.59. The molecule has 0 heterocycles. The summed E-state index contributed by atoms with van der Waals surface area (Å²) in [4.78, 5) is 0. The van der Waals surface area contributed by atoms with Gasteiger partial charge in [-0.2, -0.15) is 0 Å². The van der Waals surface area contributed by atoms with Crippen molar-refractivity contribution in [1.29, 1.82) is 0 Å². The first-order valence-electron chi connectivity index (χ1n) is 6.00. The van der Waals surface area contributed by atoms with Crippen LogP contribution >= 0.6 is 0 Å². The van der Waals surface area contributed by atoms with Gasteiger partial charge in [0.15, 0.2) is 0 Å². The third kappa shape index (κ3) is 4.48. The van der Waals surface area contributed by atoms with Crippen LogP contribution in [-0.2, 0) is 6.42 Å². The van der Waals surface area contributed by atoms with Crippen molar-refractivity contribution >= 4 is 0 Å². The smallest absolute Gasteiger partial charge is 0.00667 e. The van der Waals surface area contributed by atoms with Gasteiger partial charge in [-0.05, 0) is 39.2 Å². The molecule has 1 rings (SSSR count). The van der Waals surface area contributed by atoms with E-state index in [9.17, 15) is 0 Å². The highest BCUT2D eigenvalue weighted by molar-refractivity contribution is 5.27. The molecule has 0 atom stereocenters. The van der Waals surface area contributed by atoms with Crippen LogP contribution in [0.5, 0.6) is 0 Å². The largest absolute Gasteiger partial charge is 0.0736 e. The number of allylic oxidation sites excluding steroid dienone is 4. The van der Waals surface area contributed by atoms with Crippen LogP contribution < -0.4 is 0 Å². The first-order valence-corrected chi connectivity index (χ1v) is 6.00. The second-order valence-corrected chi connectivity index (χ2v) is 4.55. The second kappa shape index (κ2) is 6.32. The molecule has 0 unspecified atom stereocenters. The van der Waals surface area contributed by atoms with Crippen LogP contribution in [0.1, 0.15) is 38.3 Å². The van der Waals surface area contributed by atoms with Gasteiger partial charge < -0.3 is 0 Å². The molecule has 0 saturated heterocycles. The fourth-order valence-electron chi connectivity index (χ4n) is 1.61. The van der Waals surface area contributed by atoms with Crippen LogP contribution in [0.2, 0.25) is 0 Å². The molecule has 0 aliphatic rings.